The number of aryl methyl sites for hydroxylation is 1. The van der Waals surface area contributed by atoms with E-state index in [4.69, 9.17) is 4.74 Å². The van der Waals surface area contributed by atoms with Crippen LogP contribution in [0.3, 0.4) is 0 Å². The molecule has 1 aromatic rings. The Labute approximate surface area is 108 Å². The molecule has 1 aliphatic rings. The molecule has 0 bridgehead atoms. The molecule has 1 saturated heterocycles. The molecule has 100 valence electrons. The molecule has 1 fully saturated rings. The summed E-state index contributed by atoms with van der Waals surface area (Å²) in [5, 5.41) is 0. The van der Waals surface area contributed by atoms with Gasteiger partial charge in [-0.05, 0) is 24.1 Å². The van der Waals surface area contributed by atoms with Crippen LogP contribution in [-0.4, -0.2) is 39.0 Å². The van der Waals surface area contributed by atoms with Crippen molar-refractivity contribution in [1.29, 1.82) is 0 Å². The first-order valence-corrected chi connectivity index (χ1v) is 7.50. The van der Waals surface area contributed by atoms with Gasteiger partial charge in [-0.1, -0.05) is 19.1 Å². The molecule has 0 aromatic heterocycles. The lowest BCUT2D eigenvalue weighted by atomic mass is 10.2. The molecule has 1 aromatic carbocycles. The van der Waals surface area contributed by atoms with Crippen LogP contribution in [0.4, 0.5) is 5.69 Å². The fraction of sp³-hybridized carbons (Fsp3) is 0.500. The molecule has 0 aliphatic carbocycles. The van der Waals surface area contributed by atoms with Gasteiger partial charge in [0.2, 0.25) is 0 Å². The average Bonchev–Trinajstić information content (AvgIpc) is 2.40. The Kier molecular flexibility index (Phi) is 4.21. The first kappa shape index (κ1) is 13.3. The van der Waals surface area contributed by atoms with E-state index in [2.05, 4.69) is 11.6 Å². The van der Waals surface area contributed by atoms with Crippen LogP contribution in [0.25, 0.3) is 0 Å². The van der Waals surface area contributed by atoms with Crippen molar-refractivity contribution in [1.82, 2.24) is 4.31 Å². The zero-order valence-corrected chi connectivity index (χ0v) is 11.2. The Morgan fingerprint density at radius 3 is 2.39 bits per heavy atom. The van der Waals surface area contributed by atoms with E-state index in [0.717, 1.165) is 6.42 Å². The van der Waals surface area contributed by atoms with E-state index in [9.17, 15) is 8.42 Å². The van der Waals surface area contributed by atoms with E-state index >= 15 is 0 Å². The summed E-state index contributed by atoms with van der Waals surface area (Å²) in [6.07, 6.45) is 0.941. The third-order valence-corrected chi connectivity index (χ3v) is 4.46. The van der Waals surface area contributed by atoms with Crippen molar-refractivity contribution in [2.45, 2.75) is 13.3 Å². The summed E-state index contributed by atoms with van der Waals surface area (Å²) in [6.45, 7) is 3.78. The van der Waals surface area contributed by atoms with Crippen molar-refractivity contribution in [3.8, 4) is 0 Å². The van der Waals surface area contributed by atoms with Crippen LogP contribution < -0.4 is 4.72 Å². The molecule has 0 radical (unpaired) electrons. The first-order chi connectivity index (χ1) is 8.62. The quantitative estimate of drug-likeness (QED) is 0.895. The molecule has 1 N–H and O–H groups in total. The SMILES string of the molecule is CCc1ccc(NS(=O)(=O)N2CCOCC2)cc1. The lowest BCUT2D eigenvalue weighted by Gasteiger charge is -2.26. The van der Waals surface area contributed by atoms with Crippen molar-refractivity contribution < 1.29 is 13.2 Å². The van der Waals surface area contributed by atoms with Gasteiger partial charge in [0.15, 0.2) is 0 Å². The van der Waals surface area contributed by atoms with Crippen molar-refractivity contribution in [3.05, 3.63) is 29.8 Å². The largest absolute Gasteiger partial charge is 0.379 e. The van der Waals surface area contributed by atoms with E-state index in [1.165, 1.54) is 9.87 Å². The van der Waals surface area contributed by atoms with Crippen molar-refractivity contribution >= 4 is 15.9 Å². The number of rotatable bonds is 4. The molecule has 6 heteroatoms. The highest BCUT2D eigenvalue weighted by Crippen LogP contribution is 2.14. The number of nitrogens with one attached hydrogen (secondary N) is 1. The zero-order valence-electron chi connectivity index (χ0n) is 10.4. The van der Waals surface area contributed by atoms with Gasteiger partial charge >= 0.3 is 10.2 Å². The number of morpholine rings is 1. The number of benzene rings is 1. The Hall–Kier alpha value is -1.11. The molecule has 1 heterocycles. The molecular weight excluding hydrogens is 252 g/mol. The maximum atomic E-state index is 12.1. The van der Waals surface area contributed by atoms with E-state index in [-0.39, 0.29) is 0 Å². The highest BCUT2D eigenvalue weighted by atomic mass is 32.2. The van der Waals surface area contributed by atoms with Gasteiger partial charge in [0, 0.05) is 18.8 Å². The predicted molar refractivity (Wildman–Crippen MR) is 70.8 cm³/mol. The third kappa shape index (κ3) is 3.22. The van der Waals surface area contributed by atoms with Crippen LogP contribution in [0.15, 0.2) is 24.3 Å². The molecule has 0 unspecified atom stereocenters. The van der Waals surface area contributed by atoms with Gasteiger partial charge in [0.05, 0.1) is 13.2 Å². The van der Waals surface area contributed by atoms with Gasteiger partial charge in [-0.3, -0.25) is 4.72 Å². The summed E-state index contributed by atoms with van der Waals surface area (Å²) >= 11 is 0. The molecule has 18 heavy (non-hydrogen) atoms. The number of ether oxygens (including phenoxy) is 1. The van der Waals surface area contributed by atoms with Gasteiger partial charge in [-0.25, -0.2) is 0 Å². The normalized spacial score (nSPS) is 17.6. The third-order valence-electron chi connectivity index (χ3n) is 2.92. The Bertz CT molecular complexity index is 479. The lowest BCUT2D eigenvalue weighted by molar-refractivity contribution is 0.0733. The topological polar surface area (TPSA) is 58.6 Å². The van der Waals surface area contributed by atoms with E-state index in [0.29, 0.717) is 32.0 Å². The Balaban J connectivity index is 2.06. The van der Waals surface area contributed by atoms with Gasteiger partial charge in [0.25, 0.3) is 0 Å². The average molecular weight is 270 g/mol. The maximum Gasteiger partial charge on any atom is 0.301 e. The summed E-state index contributed by atoms with van der Waals surface area (Å²) in [5.41, 5.74) is 1.78. The molecule has 1 aliphatic heterocycles. The van der Waals surface area contributed by atoms with Crippen LogP contribution in [-0.2, 0) is 21.4 Å². The van der Waals surface area contributed by atoms with Crippen LogP contribution in [0, 0.1) is 0 Å². The Morgan fingerprint density at radius 2 is 1.83 bits per heavy atom. The summed E-state index contributed by atoms with van der Waals surface area (Å²) in [5.74, 6) is 0. The minimum Gasteiger partial charge on any atom is -0.379 e. The Morgan fingerprint density at radius 1 is 1.22 bits per heavy atom. The molecule has 0 spiro atoms. The van der Waals surface area contributed by atoms with E-state index < -0.39 is 10.2 Å². The number of hydrogen-bond acceptors (Lipinski definition) is 3. The molecule has 0 saturated carbocycles. The molecule has 0 atom stereocenters. The first-order valence-electron chi connectivity index (χ1n) is 6.06. The van der Waals surface area contributed by atoms with Crippen LogP contribution in [0.2, 0.25) is 0 Å². The zero-order chi connectivity index (χ0) is 13.0. The molecular formula is C12H18N2O3S. The predicted octanol–water partition coefficient (Wildman–Crippen LogP) is 1.24. The van der Waals surface area contributed by atoms with Crippen molar-refractivity contribution in [2.75, 3.05) is 31.0 Å². The second-order valence-corrected chi connectivity index (χ2v) is 5.84. The second-order valence-electron chi connectivity index (χ2n) is 4.17. The fourth-order valence-corrected chi connectivity index (χ4v) is 3.00. The minimum atomic E-state index is -3.45. The van der Waals surface area contributed by atoms with Crippen molar-refractivity contribution in [3.63, 3.8) is 0 Å². The molecule has 0 amide bonds. The molecule has 2 rings (SSSR count). The summed E-state index contributed by atoms with van der Waals surface area (Å²) < 4.78 is 33.3. The van der Waals surface area contributed by atoms with Crippen LogP contribution in [0.5, 0.6) is 0 Å². The van der Waals surface area contributed by atoms with Gasteiger partial charge < -0.3 is 4.74 Å². The van der Waals surface area contributed by atoms with Gasteiger partial charge in [-0.15, -0.1) is 0 Å². The maximum absolute atomic E-state index is 12.1. The lowest BCUT2D eigenvalue weighted by Crippen LogP contribution is -2.43. The standard InChI is InChI=1S/C12H18N2O3S/c1-2-11-3-5-12(6-4-11)13-18(15,16)14-7-9-17-10-8-14/h3-6,13H,2,7-10H2,1H3. The van der Waals surface area contributed by atoms with E-state index in [1.807, 2.05) is 12.1 Å². The summed E-state index contributed by atoms with van der Waals surface area (Å²) in [4.78, 5) is 0. The van der Waals surface area contributed by atoms with Crippen molar-refractivity contribution in [2.24, 2.45) is 0 Å². The molecule has 5 nitrogen and oxygen atoms in total. The van der Waals surface area contributed by atoms with Gasteiger partial charge in [0.1, 0.15) is 0 Å². The number of anilines is 1. The summed E-state index contributed by atoms with van der Waals surface area (Å²) in [7, 11) is -3.45. The monoisotopic (exact) mass is 270 g/mol. The van der Waals surface area contributed by atoms with Crippen LogP contribution in [0.1, 0.15) is 12.5 Å². The second kappa shape index (κ2) is 5.69. The smallest absolute Gasteiger partial charge is 0.301 e. The fourth-order valence-electron chi connectivity index (χ4n) is 1.81. The van der Waals surface area contributed by atoms with E-state index in [1.54, 1.807) is 12.1 Å². The van der Waals surface area contributed by atoms with Gasteiger partial charge in [-0.2, -0.15) is 12.7 Å². The highest BCUT2D eigenvalue weighted by Gasteiger charge is 2.23. The number of hydrogen-bond donors (Lipinski definition) is 1. The highest BCUT2D eigenvalue weighted by molar-refractivity contribution is 7.90. The summed E-state index contributed by atoms with van der Waals surface area (Å²) in [6, 6.07) is 7.43. The minimum absolute atomic E-state index is 0.405. The number of nitrogens with zero attached hydrogens (tertiary/aromatic N) is 1. The van der Waals surface area contributed by atoms with Crippen LogP contribution >= 0.6 is 0 Å².